The summed E-state index contributed by atoms with van der Waals surface area (Å²) in [6.45, 7) is 12.5. The number of nitrogens with zero attached hydrogens (tertiary/aromatic N) is 1. The number of carbonyl (C=O) groups is 3. The summed E-state index contributed by atoms with van der Waals surface area (Å²) in [5, 5.41) is 46.9. The van der Waals surface area contributed by atoms with Crippen LogP contribution in [0.4, 0.5) is 5.69 Å². The quantitative estimate of drug-likeness (QED) is 0.0939. The van der Waals surface area contributed by atoms with Gasteiger partial charge in [-0.3, -0.25) is 19.2 Å². The highest BCUT2D eigenvalue weighted by Gasteiger charge is 2.50. The van der Waals surface area contributed by atoms with E-state index >= 15 is 0 Å². The second-order valence-electron chi connectivity index (χ2n) is 15.4. The van der Waals surface area contributed by atoms with Crippen molar-refractivity contribution in [3.05, 3.63) is 75.7 Å². The SMILES string of the molecule is CO[C@H]1/C=C/O[C@@]2(C)Oc3c(C)c(O)c4c(=O)c(c5oc6ccc(O)cc6nc-5c4c3C2=O)NC(=O)/C(C)=C\C=C\[C@H](C)[C@H](O)[C@@H](C)[C@@H](O)[C@@H](C)[C@H](OC(C)=O)[C@@H]1C. The third-order valence-corrected chi connectivity index (χ3v) is 11.3. The molecule has 0 unspecified atom stereocenters. The largest absolute Gasteiger partial charge is 0.508 e. The van der Waals surface area contributed by atoms with Crippen LogP contribution in [0.5, 0.6) is 17.2 Å². The lowest BCUT2D eigenvalue weighted by atomic mass is 9.78. The zero-order valence-electron chi connectivity index (χ0n) is 33.6. The summed E-state index contributed by atoms with van der Waals surface area (Å²) in [6.07, 6.45) is 3.47. The Morgan fingerprint density at radius 1 is 0.966 bits per heavy atom. The number of aliphatic hydroxyl groups excluding tert-OH is 2. The van der Waals surface area contributed by atoms with Gasteiger partial charge in [0.15, 0.2) is 11.3 Å². The molecule has 58 heavy (non-hydrogen) atoms. The molecule has 6 rings (SSSR count). The number of esters is 1. The van der Waals surface area contributed by atoms with Crippen molar-refractivity contribution in [3.63, 3.8) is 0 Å². The fourth-order valence-corrected chi connectivity index (χ4v) is 7.79. The topological polar surface area (TPSA) is 224 Å². The molecule has 0 spiro atoms. The molecule has 0 fully saturated rings. The summed E-state index contributed by atoms with van der Waals surface area (Å²) >= 11 is 0. The van der Waals surface area contributed by atoms with Crippen molar-refractivity contribution in [3.8, 4) is 28.7 Å². The van der Waals surface area contributed by atoms with Gasteiger partial charge in [-0.1, -0.05) is 45.9 Å². The highest BCUT2D eigenvalue weighted by molar-refractivity contribution is 6.22. The van der Waals surface area contributed by atoms with Crippen molar-refractivity contribution in [1.29, 1.82) is 0 Å². The molecule has 308 valence electrons. The molecular weight excluding hydrogens is 752 g/mol. The molecule has 4 aliphatic rings. The number of nitrogens with one attached hydrogen (secondary N) is 1. The minimum absolute atomic E-state index is 0.0358. The number of hydrogen-bond acceptors (Lipinski definition) is 14. The molecule has 2 aromatic rings. The molecule has 3 heterocycles. The number of amides is 1. The Kier molecular flexibility index (Phi) is 11.5. The Hall–Kier alpha value is -5.77. The molecule has 9 atom stereocenters. The highest BCUT2D eigenvalue weighted by atomic mass is 16.7. The molecule has 1 aliphatic carbocycles. The van der Waals surface area contributed by atoms with Crippen LogP contribution in [0.2, 0.25) is 0 Å². The molecule has 0 aromatic heterocycles. The summed E-state index contributed by atoms with van der Waals surface area (Å²) < 4.78 is 29.8. The molecule has 0 saturated carbocycles. The smallest absolute Gasteiger partial charge is 0.312 e. The average molecular weight is 801 g/mol. The number of phenols is 2. The molecule has 0 radical (unpaired) electrons. The zero-order valence-corrected chi connectivity index (χ0v) is 33.6. The van der Waals surface area contributed by atoms with Crippen LogP contribution < -0.4 is 15.5 Å². The first kappa shape index (κ1) is 41.9. The first-order valence-electron chi connectivity index (χ1n) is 18.9. The Bertz CT molecular complexity index is 2430. The van der Waals surface area contributed by atoms with Gasteiger partial charge in [0.2, 0.25) is 5.43 Å². The van der Waals surface area contributed by atoms with Crippen molar-refractivity contribution in [2.24, 2.45) is 23.7 Å². The lowest BCUT2D eigenvalue weighted by Gasteiger charge is -2.38. The molecule has 0 saturated heterocycles. The summed E-state index contributed by atoms with van der Waals surface area (Å²) in [5.74, 6) is -7.60. The van der Waals surface area contributed by atoms with Crippen LogP contribution in [-0.4, -0.2) is 80.4 Å². The first-order valence-corrected chi connectivity index (χ1v) is 18.9. The number of benzene rings is 3. The number of aliphatic hydroxyl groups is 2. The van der Waals surface area contributed by atoms with Crippen LogP contribution in [0, 0.1) is 30.6 Å². The molecule has 5 N–H and O–H groups in total. The van der Waals surface area contributed by atoms with Gasteiger partial charge in [-0.05, 0) is 32.1 Å². The molecular formula is C43H48N2O13. The summed E-state index contributed by atoms with van der Waals surface area (Å²) in [6, 6.07) is 4.09. The lowest BCUT2D eigenvalue weighted by Crippen LogP contribution is -2.46. The number of ketones is 1. The Morgan fingerprint density at radius 3 is 2.34 bits per heavy atom. The number of methoxy groups -OCH3 is 1. The number of phenolic OH excluding ortho intramolecular Hbond substituents is 2. The summed E-state index contributed by atoms with van der Waals surface area (Å²) in [5.41, 5.74) is -1.02. The number of hydrogen-bond donors (Lipinski definition) is 5. The van der Waals surface area contributed by atoms with Crippen molar-refractivity contribution >= 4 is 45.2 Å². The number of Topliss-reactive ketones (excluding diaryl/α,β-unsaturated/α-hetero) is 1. The molecule has 4 bridgehead atoms. The average Bonchev–Trinajstić information content (AvgIpc) is 3.45. The Balaban J connectivity index is 1.58. The number of anilines is 1. The van der Waals surface area contributed by atoms with Gasteiger partial charge in [-0.2, -0.15) is 0 Å². The molecule has 15 nitrogen and oxygen atoms in total. The first-order chi connectivity index (χ1) is 27.3. The maximum Gasteiger partial charge on any atom is 0.312 e. The van der Waals surface area contributed by atoms with E-state index in [1.807, 2.05) is 0 Å². The highest BCUT2D eigenvalue weighted by Crippen LogP contribution is 2.50. The number of fused-ring (bicyclic) bond motifs is 2. The summed E-state index contributed by atoms with van der Waals surface area (Å²) in [4.78, 5) is 59.7. The maximum absolute atomic E-state index is 14.5. The predicted octanol–water partition coefficient (Wildman–Crippen LogP) is 5.65. The van der Waals surface area contributed by atoms with Gasteiger partial charge in [0.05, 0.1) is 35.5 Å². The van der Waals surface area contributed by atoms with Gasteiger partial charge in [0, 0.05) is 67.2 Å². The monoisotopic (exact) mass is 800 g/mol. The number of aromatic nitrogens is 1. The van der Waals surface area contributed by atoms with Crippen LogP contribution >= 0.6 is 0 Å². The molecule has 15 heteroatoms. The maximum atomic E-state index is 14.5. The Labute approximate surface area is 333 Å². The normalized spacial score (nSPS) is 30.4. The van der Waals surface area contributed by atoms with Gasteiger partial charge in [-0.15, -0.1) is 0 Å². The van der Waals surface area contributed by atoms with Crippen molar-refractivity contribution in [2.75, 3.05) is 12.4 Å². The van der Waals surface area contributed by atoms with E-state index in [2.05, 4.69) is 10.3 Å². The fraction of sp³-hybridized carbons (Fsp3) is 0.419. The number of ether oxygens (including phenoxy) is 4. The van der Waals surface area contributed by atoms with Gasteiger partial charge in [-0.25, -0.2) is 4.98 Å². The minimum atomic E-state index is -2.05. The van der Waals surface area contributed by atoms with Gasteiger partial charge in [0.25, 0.3) is 11.7 Å². The van der Waals surface area contributed by atoms with Crippen LogP contribution in [-0.2, 0) is 23.8 Å². The zero-order chi connectivity index (χ0) is 42.5. The van der Waals surface area contributed by atoms with Crippen molar-refractivity contribution < 1.29 is 58.2 Å². The van der Waals surface area contributed by atoms with Gasteiger partial charge in [0.1, 0.15) is 40.3 Å². The third-order valence-electron chi connectivity index (χ3n) is 11.3. The molecule has 3 aliphatic heterocycles. The van der Waals surface area contributed by atoms with E-state index in [0.29, 0.717) is 0 Å². The van der Waals surface area contributed by atoms with Crippen LogP contribution in [0.3, 0.4) is 0 Å². The molecule has 2 aromatic carbocycles. The van der Waals surface area contributed by atoms with E-state index in [9.17, 15) is 39.6 Å². The van der Waals surface area contributed by atoms with E-state index in [4.69, 9.17) is 23.4 Å². The van der Waals surface area contributed by atoms with Gasteiger partial charge >= 0.3 is 11.8 Å². The third kappa shape index (κ3) is 7.29. The minimum Gasteiger partial charge on any atom is -0.508 e. The predicted molar refractivity (Wildman–Crippen MR) is 213 cm³/mol. The van der Waals surface area contributed by atoms with E-state index in [0.717, 1.165) is 0 Å². The number of carbonyl (C=O) groups excluding carboxylic acids is 3. The van der Waals surface area contributed by atoms with Crippen LogP contribution in [0.25, 0.3) is 33.3 Å². The molecule has 1 amide bonds. The van der Waals surface area contributed by atoms with Crippen LogP contribution in [0.1, 0.15) is 64.4 Å². The number of aromatic hydroxyl groups is 2. The fourth-order valence-electron chi connectivity index (χ4n) is 7.79. The van der Waals surface area contributed by atoms with E-state index in [1.165, 1.54) is 71.4 Å². The number of rotatable bonds is 2. The van der Waals surface area contributed by atoms with E-state index < -0.39 is 82.7 Å². The van der Waals surface area contributed by atoms with E-state index in [-0.39, 0.29) is 67.2 Å². The number of allylic oxidation sites excluding steroid dienone is 2. The van der Waals surface area contributed by atoms with E-state index in [1.54, 1.807) is 39.8 Å². The van der Waals surface area contributed by atoms with Crippen LogP contribution in [0.15, 0.2) is 63.6 Å². The Morgan fingerprint density at radius 2 is 1.67 bits per heavy atom. The standard InChI is InChI=1S/C43H48N2O13/c1-18-11-10-12-19(2)42(53)45-33-37(51)30-29(32-40(33)57-28-14-13-25(47)17-26(28)44-32)31-39(23(6)36(30)50)58-43(8,41(31)52)55-16-15-27(54-9)20(3)38(56-24(7)46)22(5)35(49)21(4)34(18)48/h10-18,20-22,27,34-35,38,47-50H,1-9H3,(H,45,53)/b11-10+,16-15+,19-12-/t18-,20+,21+,22+,27-,34-,35+,38+,43-/m0/s1. The lowest BCUT2D eigenvalue weighted by molar-refractivity contribution is -0.160. The second kappa shape index (κ2) is 15.9. The second-order valence-corrected chi connectivity index (χ2v) is 15.4. The van der Waals surface area contributed by atoms with Crippen molar-refractivity contribution in [1.82, 2.24) is 4.98 Å². The van der Waals surface area contributed by atoms with Gasteiger partial charge < -0.3 is 49.1 Å². The summed E-state index contributed by atoms with van der Waals surface area (Å²) in [7, 11) is 1.43. The van der Waals surface area contributed by atoms with Crippen molar-refractivity contribution in [2.45, 2.75) is 85.6 Å².